The lowest BCUT2D eigenvalue weighted by Gasteiger charge is -2.33. The van der Waals surface area contributed by atoms with Crippen molar-refractivity contribution >= 4 is 33.1 Å². The number of amides is 1. The molecule has 0 aliphatic carbocycles. The van der Waals surface area contributed by atoms with Crippen LogP contribution in [0.2, 0.25) is 0 Å². The molecule has 0 radical (unpaired) electrons. The van der Waals surface area contributed by atoms with Crippen LogP contribution < -0.4 is 0 Å². The highest BCUT2D eigenvalue weighted by molar-refractivity contribution is 7.89. The monoisotopic (exact) mass is 473 g/mol. The molecule has 1 aromatic heterocycles. The lowest BCUT2D eigenvalue weighted by Crippen LogP contribution is -2.50. The van der Waals surface area contributed by atoms with Gasteiger partial charge in [0.25, 0.3) is 5.91 Å². The van der Waals surface area contributed by atoms with Crippen LogP contribution in [0.5, 0.6) is 0 Å². The zero-order chi connectivity index (χ0) is 22.9. The Bertz CT molecular complexity index is 1260. The molecule has 1 aliphatic heterocycles. The molecule has 0 saturated carbocycles. The minimum atomic E-state index is -3.73. The van der Waals surface area contributed by atoms with Gasteiger partial charge in [-0.2, -0.15) is 4.31 Å². The van der Waals surface area contributed by atoms with Crippen LogP contribution in [-0.4, -0.2) is 60.5 Å². The van der Waals surface area contributed by atoms with E-state index in [4.69, 9.17) is 0 Å². The van der Waals surface area contributed by atoms with Crippen LogP contribution in [0.25, 0.3) is 10.6 Å². The average Bonchev–Trinajstić information content (AvgIpc) is 3.29. The summed E-state index contributed by atoms with van der Waals surface area (Å²) in [5.41, 5.74) is 0.991. The van der Waals surface area contributed by atoms with Gasteiger partial charge in [0.2, 0.25) is 10.0 Å². The molecule has 7 nitrogen and oxygen atoms in total. The summed E-state index contributed by atoms with van der Waals surface area (Å²) in [5.74, 6) is -0.857. The summed E-state index contributed by atoms with van der Waals surface area (Å²) in [7, 11) is -3.73. The van der Waals surface area contributed by atoms with E-state index in [1.165, 1.54) is 52.9 Å². The Balaban J connectivity index is 1.43. The third-order valence-corrected chi connectivity index (χ3v) is 8.04. The highest BCUT2D eigenvalue weighted by Crippen LogP contribution is 2.27. The maximum atomic E-state index is 14.0. The Morgan fingerprint density at radius 2 is 1.66 bits per heavy atom. The van der Waals surface area contributed by atoms with Gasteiger partial charge in [-0.15, -0.1) is 11.3 Å². The number of aromatic nitrogens is 1. The molecule has 0 spiro atoms. The number of nitrogens with zero attached hydrogens (tertiary/aromatic N) is 3. The second-order valence-corrected chi connectivity index (χ2v) is 10.1. The largest absolute Gasteiger partial charge is 0.335 e. The van der Waals surface area contributed by atoms with Gasteiger partial charge in [-0.3, -0.25) is 9.59 Å². The molecule has 10 heteroatoms. The van der Waals surface area contributed by atoms with Crippen LogP contribution in [0.15, 0.2) is 58.8 Å². The van der Waals surface area contributed by atoms with E-state index in [0.29, 0.717) is 16.1 Å². The topological polar surface area (TPSA) is 87.7 Å². The predicted octanol–water partition coefficient (Wildman–Crippen LogP) is 3.30. The van der Waals surface area contributed by atoms with Crippen molar-refractivity contribution in [3.63, 3.8) is 0 Å². The first-order chi connectivity index (χ1) is 15.3. The van der Waals surface area contributed by atoms with E-state index in [-0.39, 0.29) is 48.5 Å². The maximum absolute atomic E-state index is 14.0. The Morgan fingerprint density at radius 1 is 1.00 bits per heavy atom. The molecule has 1 aliphatic rings. The van der Waals surface area contributed by atoms with Gasteiger partial charge in [0.1, 0.15) is 16.5 Å². The number of hydrogen-bond acceptors (Lipinski definition) is 6. The van der Waals surface area contributed by atoms with Crippen molar-refractivity contribution in [1.82, 2.24) is 14.2 Å². The third kappa shape index (κ3) is 4.34. The molecule has 1 fully saturated rings. The van der Waals surface area contributed by atoms with Gasteiger partial charge in [-0.25, -0.2) is 17.8 Å². The molecule has 1 amide bonds. The number of piperazine rings is 1. The van der Waals surface area contributed by atoms with Crippen molar-refractivity contribution in [2.45, 2.75) is 11.8 Å². The molecule has 0 bridgehead atoms. The molecule has 0 unspecified atom stereocenters. The van der Waals surface area contributed by atoms with Crippen molar-refractivity contribution in [1.29, 1.82) is 0 Å². The smallest absolute Gasteiger partial charge is 0.273 e. The van der Waals surface area contributed by atoms with Gasteiger partial charge >= 0.3 is 0 Å². The third-order valence-electron chi connectivity index (χ3n) is 5.25. The Morgan fingerprint density at radius 3 is 2.28 bits per heavy atom. The molecule has 32 heavy (non-hydrogen) atoms. The van der Waals surface area contributed by atoms with Crippen molar-refractivity contribution in [2.75, 3.05) is 26.2 Å². The standard InChI is InChI=1S/C22H20FN3O4S2/c1-15(27)16-6-8-17(9-7-16)32(29,30)26-12-10-25(11-13-26)22(28)20-14-31-21(24-20)18-4-2-3-5-19(18)23/h2-9,14H,10-13H2,1H3. The SMILES string of the molecule is CC(=O)c1ccc(S(=O)(=O)N2CCN(C(=O)c3csc(-c4ccccc4F)n3)CC2)cc1. The molecule has 3 aromatic rings. The first-order valence-corrected chi connectivity index (χ1v) is 12.2. The molecular formula is C22H20FN3O4S2. The summed E-state index contributed by atoms with van der Waals surface area (Å²) < 4.78 is 41.1. The number of rotatable bonds is 5. The number of thiazole rings is 1. The van der Waals surface area contributed by atoms with E-state index in [9.17, 15) is 22.4 Å². The van der Waals surface area contributed by atoms with Gasteiger partial charge in [-0.05, 0) is 31.2 Å². The second kappa shape index (κ2) is 8.89. The number of ketones is 1. The summed E-state index contributed by atoms with van der Waals surface area (Å²) in [6.07, 6.45) is 0. The molecule has 0 atom stereocenters. The summed E-state index contributed by atoms with van der Waals surface area (Å²) in [5, 5.41) is 2.01. The Hall–Kier alpha value is -2.95. The first-order valence-electron chi connectivity index (χ1n) is 9.88. The molecule has 1 saturated heterocycles. The summed E-state index contributed by atoms with van der Waals surface area (Å²) in [6, 6.07) is 12.1. The molecule has 2 aromatic carbocycles. The fourth-order valence-electron chi connectivity index (χ4n) is 3.43. The Labute approximate surface area is 189 Å². The highest BCUT2D eigenvalue weighted by Gasteiger charge is 2.31. The van der Waals surface area contributed by atoms with Crippen molar-refractivity contribution in [3.8, 4) is 10.6 Å². The van der Waals surface area contributed by atoms with Gasteiger partial charge in [0, 0.05) is 42.7 Å². The minimum Gasteiger partial charge on any atom is -0.335 e. The number of halogens is 1. The van der Waals surface area contributed by atoms with E-state index in [2.05, 4.69) is 4.98 Å². The second-order valence-electron chi connectivity index (χ2n) is 7.29. The number of benzene rings is 2. The van der Waals surface area contributed by atoms with Crippen molar-refractivity contribution in [3.05, 3.63) is 71.0 Å². The van der Waals surface area contributed by atoms with E-state index in [1.54, 1.807) is 28.5 Å². The zero-order valence-electron chi connectivity index (χ0n) is 17.2. The van der Waals surface area contributed by atoms with Crippen molar-refractivity contribution < 1.29 is 22.4 Å². The summed E-state index contributed by atoms with van der Waals surface area (Å²) in [4.78, 5) is 30.2. The van der Waals surface area contributed by atoms with Crippen LogP contribution in [0.4, 0.5) is 4.39 Å². The fourth-order valence-corrected chi connectivity index (χ4v) is 5.68. The van der Waals surface area contributed by atoms with Crippen LogP contribution >= 0.6 is 11.3 Å². The van der Waals surface area contributed by atoms with Crippen LogP contribution in [-0.2, 0) is 10.0 Å². The van der Waals surface area contributed by atoms with E-state index < -0.39 is 15.8 Å². The zero-order valence-corrected chi connectivity index (χ0v) is 18.8. The maximum Gasteiger partial charge on any atom is 0.273 e. The van der Waals surface area contributed by atoms with E-state index in [0.717, 1.165) is 0 Å². The first kappa shape index (κ1) is 22.3. The average molecular weight is 474 g/mol. The lowest BCUT2D eigenvalue weighted by atomic mass is 10.2. The van der Waals surface area contributed by atoms with Gasteiger partial charge in [0.15, 0.2) is 5.78 Å². The van der Waals surface area contributed by atoms with Crippen molar-refractivity contribution in [2.24, 2.45) is 0 Å². The summed E-state index contributed by atoms with van der Waals surface area (Å²) in [6.45, 7) is 2.15. The number of carbonyl (C=O) groups excluding carboxylic acids is 2. The van der Waals surface area contributed by atoms with E-state index in [1.807, 2.05) is 0 Å². The molecular weight excluding hydrogens is 453 g/mol. The number of hydrogen-bond donors (Lipinski definition) is 0. The number of carbonyl (C=O) groups is 2. The molecule has 2 heterocycles. The predicted molar refractivity (Wildman–Crippen MR) is 119 cm³/mol. The lowest BCUT2D eigenvalue weighted by molar-refractivity contribution is 0.0692. The molecule has 166 valence electrons. The van der Waals surface area contributed by atoms with Gasteiger partial charge in [-0.1, -0.05) is 24.3 Å². The Kier molecular flexibility index (Phi) is 6.18. The summed E-state index contributed by atoms with van der Waals surface area (Å²) >= 11 is 1.19. The number of sulfonamides is 1. The van der Waals surface area contributed by atoms with Gasteiger partial charge < -0.3 is 4.90 Å². The minimum absolute atomic E-state index is 0.108. The van der Waals surface area contributed by atoms with Gasteiger partial charge in [0.05, 0.1) is 4.90 Å². The number of Topliss-reactive ketones (excluding diaryl/α,β-unsaturated/α-hetero) is 1. The quantitative estimate of drug-likeness (QED) is 0.531. The molecule has 4 rings (SSSR count). The molecule has 0 N–H and O–H groups in total. The van der Waals surface area contributed by atoms with Crippen LogP contribution in [0.1, 0.15) is 27.8 Å². The normalized spacial score (nSPS) is 15.0. The highest BCUT2D eigenvalue weighted by atomic mass is 32.2. The van der Waals surface area contributed by atoms with Crippen LogP contribution in [0.3, 0.4) is 0 Å². The fraction of sp³-hybridized carbons (Fsp3) is 0.227. The van der Waals surface area contributed by atoms with E-state index >= 15 is 0 Å². The van der Waals surface area contributed by atoms with Crippen LogP contribution in [0, 0.1) is 5.82 Å².